The van der Waals surface area contributed by atoms with E-state index in [1.165, 1.54) is 24.3 Å². The van der Waals surface area contributed by atoms with E-state index in [0.717, 1.165) is 11.1 Å². The zero-order valence-electron chi connectivity index (χ0n) is 14.2. The largest absolute Gasteiger partial charge is 0.341 e. The van der Waals surface area contributed by atoms with E-state index in [9.17, 15) is 14.9 Å². The quantitative estimate of drug-likeness (QED) is 0.556. The van der Waals surface area contributed by atoms with Crippen LogP contribution in [-0.4, -0.2) is 21.0 Å². The van der Waals surface area contributed by atoms with Crippen LogP contribution in [0.5, 0.6) is 0 Å². The summed E-state index contributed by atoms with van der Waals surface area (Å²) in [4.78, 5) is 26.9. The first-order valence-electron chi connectivity index (χ1n) is 7.90. The Bertz CT molecular complexity index is 967. The van der Waals surface area contributed by atoms with Gasteiger partial charge in [0.15, 0.2) is 0 Å². The molecule has 2 aromatic carbocycles. The van der Waals surface area contributed by atoms with Crippen molar-refractivity contribution in [3.63, 3.8) is 0 Å². The second kappa shape index (κ2) is 7.14. The second-order valence-electron chi connectivity index (χ2n) is 5.83. The van der Waals surface area contributed by atoms with Gasteiger partial charge in [-0.05, 0) is 26.0 Å². The molecule has 0 radical (unpaired) electrons. The highest BCUT2D eigenvalue weighted by Gasteiger charge is 2.19. The Kier molecular flexibility index (Phi) is 4.74. The van der Waals surface area contributed by atoms with Crippen molar-refractivity contribution in [3.05, 3.63) is 75.7 Å². The molecule has 1 aromatic heterocycles. The molecular formula is C18H16N4O4. The number of hydrogen-bond donors (Lipinski definition) is 1. The van der Waals surface area contributed by atoms with Crippen LogP contribution in [0.4, 0.5) is 5.69 Å². The molecule has 26 heavy (non-hydrogen) atoms. The standard InChI is InChI=1S/C18H16N4O4/c1-11-5-3-6-13(9-11)16-20-18(26-21-16)12(2)19-17(23)14-7-4-8-15(10-14)22(24)25/h3-10,12H,1-2H3,(H,19,23)/t12-/m1/s1. The lowest BCUT2D eigenvalue weighted by Gasteiger charge is -2.09. The fourth-order valence-corrected chi connectivity index (χ4v) is 2.41. The van der Waals surface area contributed by atoms with Crippen LogP contribution >= 0.6 is 0 Å². The number of benzene rings is 2. The molecule has 8 nitrogen and oxygen atoms in total. The molecule has 8 heteroatoms. The van der Waals surface area contributed by atoms with Crippen LogP contribution in [0.2, 0.25) is 0 Å². The number of carbonyl (C=O) groups excluding carboxylic acids is 1. The van der Waals surface area contributed by atoms with Crippen molar-refractivity contribution < 1.29 is 14.2 Å². The lowest BCUT2D eigenvalue weighted by Crippen LogP contribution is -2.26. The zero-order chi connectivity index (χ0) is 18.7. The van der Waals surface area contributed by atoms with Crippen molar-refractivity contribution in [2.75, 3.05) is 0 Å². The smallest absolute Gasteiger partial charge is 0.270 e. The zero-order valence-corrected chi connectivity index (χ0v) is 14.2. The summed E-state index contributed by atoms with van der Waals surface area (Å²) < 4.78 is 5.24. The van der Waals surface area contributed by atoms with Gasteiger partial charge in [0.2, 0.25) is 11.7 Å². The molecule has 1 N–H and O–H groups in total. The number of nitro groups is 1. The van der Waals surface area contributed by atoms with Crippen LogP contribution in [0.15, 0.2) is 53.1 Å². The molecule has 0 saturated heterocycles. The van der Waals surface area contributed by atoms with E-state index in [1.54, 1.807) is 6.92 Å². The van der Waals surface area contributed by atoms with Gasteiger partial charge in [0.1, 0.15) is 6.04 Å². The maximum Gasteiger partial charge on any atom is 0.270 e. The van der Waals surface area contributed by atoms with Gasteiger partial charge >= 0.3 is 0 Å². The summed E-state index contributed by atoms with van der Waals surface area (Å²) in [6.45, 7) is 3.66. The normalized spacial score (nSPS) is 11.8. The number of nitrogens with one attached hydrogen (secondary N) is 1. The highest BCUT2D eigenvalue weighted by atomic mass is 16.6. The molecule has 3 aromatic rings. The average molecular weight is 352 g/mol. The summed E-state index contributed by atoms with van der Waals surface area (Å²) in [7, 11) is 0. The Hall–Kier alpha value is -3.55. The maximum atomic E-state index is 12.3. The molecule has 0 spiro atoms. The number of amides is 1. The molecule has 1 amide bonds. The molecule has 0 aliphatic heterocycles. The van der Waals surface area contributed by atoms with Gasteiger partial charge in [-0.3, -0.25) is 14.9 Å². The SMILES string of the molecule is Cc1cccc(-c2noc([C@@H](C)NC(=O)c3cccc([N+](=O)[O-])c3)n2)c1. The van der Waals surface area contributed by atoms with E-state index in [1.807, 2.05) is 31.2 Å². The lowest BCUT2D eigenvalue weighted by molar-refractivity contribution is -0.384. The lowest BCUT2D eigenvalue weighted by atomic mass is 10.1. The van der Waals surface area contributed by atoms with Gasteiger partial charge < -0.3 is 9.84 Å². The van der Waals surface area contributed by atoms with Gasteiger partial charge in [0.25, 0.3) is 11.6 Å². The second-order valence-corrected chi connectivity index (χ2v) is 5.83. The summed E-state index contributed by atoms with van der Waals surface area (Å²) >= 11 is 0. The summed E-state index contributed by atoms with van der Waals surface area (Å²) in [5, 5.41) is 17.5. The van der Waals surface area contributed by atoms with Crippen molar-refractivity contribution >= 4 is 11.6 Å². The van der Waals surface area contributed by atoms with E-state index >= 15 is 0 Å². The maximum absolute atomic E-state index is 12.3. The molecule has 0 saturated carbocycles. The number of carbonyl (C=O) groups is 1. The Labute approximate surface area is 149 Å². The van der Waals surface area contributed by atoms with Gasteiger partial charge in [-0.25, -0.2) is 0 Å². The van der Waals surface area contributed by atoms with Gasteiger partial charge in [0, 0.05) is 23.3 Å². The number of rotatable bonds is 5. The van der Waals surface area contributed by atoms with Gasteiger partial charge in [-0.15, -0.1) is 0 Å². The molecule has 0 bridgehead atoms. The van der Waals surface area contributed by atoms with Crippen LogP contribution < -0.4 is 5.32 Å². The van der Waals surface area contributed by atoms with Crippen LogP contribution in [0.25, 0.3) is 11.4 Å². The number of nitrogens with zero attached hydrogens (tertiary/aromatic N) is 3. The molecule has 1 atom stereocenters. The third kappa shape index (κ3) is 3.75. The first kappa shape index (κ1) is 17.3. The first-order chi connectivity index (χ1) is 12.4. The van der Waals surface area contributed by atoms with E-state index in [4.69, 9.17) is 4.52 Å². The third-order valence-electron chi connectivity index (χ3n) is 3.76. The fraction of sp³-hybridized carbons (Fsp3) is 0.167. The Balaban J connectivity index is 1.74. The van der Waals surface area contributed by atoms with Crippen molar-refractivity contribution in [1.29, 1.82) is 0 Å². The number of nitro benzene ring substituents is 1. The molecule has 3 rings (SSSR count). The van der Waals surface area contributed by atoms with E-state index < -0.39 is 16.9 Å². The minimum absolute atomic E-state index is 0.148. The average Bonchev–Trinajstić information content (AvgIpc) is 3.12. The minimum Gasteiger partial charge on any atom is -0.341 e. The highest BCUT2D eigenvalue weighted by Crippen LogP contribution is 2.20. The topological polar surface area (TPSA) is 111 Å². The Morgan fingerprint density at radius 1 is 1.23 bits per heavy atom. The van der Waals surface area contributed by atoms with E-state index in [-0.39, 0.29) is 17.1 Å². The molecule has 0 aliphatic rings. The Morgan fingerprint density at radius 2 is 2.00 bits per heavy atom. The molecule has 132 valence electrons. The van der Waals surface area contributed by atoms with Crippen LogP contribution in [0.3, 0.4) is 0 Å². The predicted molar refractivity (Wildman–Crippen MR) is 93.4 cm³/mol. The fourth-order valence-electron chi connectivity index (χ4n) is 2.41. The monoisotopic (exact) mass is 352 g/mol. The third-order valence-corrected chi connectivity index (χ3v) is 3.76. The Morgan fingerprint density at radius 3 is 2.73 bits per heavy atom. The summed E-state index contributed by atoms with van der Waals surface area (Å²) in [5.74, 6) is 0.219. The molecule has 0 fully saturated rings. The molecule has 0 unspecified atom stereocenters. The van der Waals surface area contributed by atoms with Crippen molar-refractivity contribution in [1.82, 2.24) is 15.5 Å². The predicted octanol–water partition coefficient (Wildman–Crippen LogP) is 3.44. The van der Waals surface area contributed by atoms with Crippen LogP contribution in [0, 0.1) is 17.0 Å². The van der Waals surface area contributed by atoms with Crippen molar-refractivity contribution in [2.45, 2.75) is 19.9 Å². The summed E-state index contributed by atoms with van der Waals surface area (Å²) in [5.41, 5.74) is 1.92. The van der Waals surface area contributed by atoms with Crippen LogP contribution in [-0.2, 0) is 0 Å². The summed E-state index contributed by atoms with van der Waals surface area (Å²) in [6.07, 6.45) is 0. The van der Waals surface area contributed by atoms with Gasteiger partial charge in [0.05, 0.1) is 4.92 Å². The van der Waals surface area contributed by atoms with E-state index in [0.29, 0.717) is 5.82 Å². The van der Waals surface area contributed by atoms with Crippen molar-refractivity contribution in [3.8, 4) is 11.4 Å². The first-order valence-corrected chi connectivity index (χ1v) is 7.90. The van der Waals surface area contributed by atoms with Gasteiger partial charge in [-0.2, -0.15) is 4.98 Å². The minimum atomic E-state index is -0.549. The van der Waals surface area contributed by atoms with Crippen molar-refractivity contribution in [2.24, 2.45) is 0 Å². The molecular weight excluding hydrogens is 336 g/mol. The molecule has 1 heterocycles. The van der Waals surface area contributed by atoms with Crippen LogP contribution in [0.1, 0.15) is 34.8 Å². The number of aromatic nitrogens is 2. The molecule has 0 aliphatic carbocycles. The number of hydrogen-bond acceptors (Lipinski definition) is 6. The highest BCUT2D eigenvalue weighted by molar-refractivity contribution is 5.95. The summed E-state index contributed by atoms with van der Waals surface area (Å²) in [6, 6.07) is 12.6. The number of aryl methyl sites for hydroxylation is 1. The van der Waals surface area contributed by atoms with E-state index in [2.05, 4.69) is 15.5 Å². The number of non-ortho nitro benzene ring substituents is 1. The van der Waals surface area contributed by atoms with Gasteiger partial charge in [-0.1, -0.05) is 35.0 Å².